The van der Waals surface area contributed by atoms with Gasteiger partial charge >= 0.3 is 5.97 Å². The monoisotopic (exact) mass is 318 g/mol. The number of hydrogen-bond acceptors (Lipinski definition) is 3. The van der Waals surface area contributed by atoms with Gasteiger partial charge in [-0.3, -0.25) is 4.79 Å². The van der Waals surface area contributed by atoms with E-state index in [9.17, 15) is 4.79 Å². The van der Waals surface area contributed by atoms with Gasteiger partial charge in [0.15, 0.2) is 0 Å². The van der Waals surface area contributed by atoms with Gasteiger partial charge in [0, 0.05) is 0 Å². The van der Waals surface area contributed by atoms with Gasteiger partial charge in [0.05, 0.1) is 19.6 Å². The highest BCUT2D eigenvalue weighted by atomic mass is 16.6. The summed E-state index contributed by atoms with van der Waals surface area (Å²) in [4.78, 5) is 12.4. The van der Waals surface area contributed by atoms with Crippen molar-refractivity contribution < 1.29 is 14.3 Å². The van der Waals surface area contributed by atoms with Crippen LogP contribution in [0.1, 0.15) is 88.1 Å². The summed E-state index contributed by atoms with van der Waals surface area (Å²) in [5, 5.41) is 0. The van der Waals surface area contributed by atoms with Gasteiger partial charge in [0.2, 0.25) is 0 Å². The zero-order valence-corrected chi connectivity index (χ0v) is 15.6. The van der Waals surface area contributed by atoms with Gasteiger partial charge in [-0.25, -0.2) is 0 Å². The first-order valence-electron chi connectivity index (χ1n) is 8.57. The van der Waals surface area contributed by atoms with Crippen molar-refractivity contribution in [3.05, 3.63) is 33.9 Å². The maximum atomic E-state index is 12.4. The molecule has 3 nitrogen and oxygen atoms in total. The van der Waals surface area contributed by atoms with Crippen LogP contribution in [0.5, 0.6) is 0 Å². The zero-order valence-electron chi connectivity index (χ0n) is 15.6. The number of fused-ring (bicyclic) bond motifs is 1. The van der Waals surface area contributed by atoms with Crippen LogP contribution in [0.3, 0.4) is 0 Å². The Balaban J connectivity index is 2.49. The van der Waals surface area contributed by atoms with Crippen LogP contribution in [0.2, 0.25) is 0 Å². The predicted molar refractivity (Wildman–Crippen MR) is 92.7 cm³/mol. The second kappa shape index (κ2) is 6.64. The topological polar surface area (TPSA) is 35.5 Å². The van der Waals surface area contributed by atoms with E-state index in [2.05, 4.69) is 33.8 Å². The largest absolute Gasteiger partial charge is 0.460 e. The quantitative estimate of drug-likeness (QED) is 0.745. The van der Waals surface area contributed by atoms with E-state index in [0.717, 1.165) is 5.56 Å². The van der Waals surface area contributed by atoms with Crippen molar-refractivity contribution in [1.82, 2.24) is 0 Å². The SMILES string of the molecule is CC(C)c1cc2c(c(C(C)C)c1CC(=O)OC(C)(C)C)COC2. The Bertz CT molecular complexity index is 592. The van der Waals surface area contributed by atoms with Crippen LogP contribution in [-0.2, 0) is 33.9 Å². The molecule has 0 atom stereocenters. The lowest BCUT2D eigenvalue weighted by molar-refractivity contribution is -0.153. The second-order valence-corrected chi connectivity index (χ2v) is 8.06. The van der Waals surface area contributed by atoms with Gasteiger partial charge in [0.1, 0.15) is 5.60 Å². The average Bonchev–Trinajstić information content (AvgIpc) is 2.82. The molecular weight excluding hydrogens is 288 g/mol. The molecule has 0 fully saturated rings. The van der Waals surface area contributed by atoms with Crippen molar-refractivity contribution in [2.75, 3.05) is 0 Å². The fraction of sp³-hybridized carbons (Fsp3) is 0.650. The van der Waals surface area contributed by atoms with E-state index in [4.69, 9.17) is 9.47 Å². The molecule has 0 saturated heterocycles. The van der Waals surface area contributed by atoms with E-state index in [1.165, 1.54) is 22.3 Å². The molecule has 0 bridgehead atoms. The van der Waals surface area contributed by atoms with Gasteiger partial charge in [-0.05, 0) is 60.4 Å². The van der Waals surface area contributed by atoms with Gasteiger partial charge < -0.3 is 9.47 Å². The molecule has 0 spiro atoms. The number of benzene rings is 1. The minimum Gasteiger partial charge on any atom is -0.460 e. The van der Waals surface area contributed by atoms with Crippen LogP contribution < -0.4 is 0 Å². The van der Waals surface area contributed by atoms with E-state index in [-0.39, 0.29) is 5.97 Å². The molecule has 0 amide bonds. The molecule has 0 aromatic heterocycles. The van der Waals surface area contributed by atoms with Crippen LogP contribution >= 0.6 is 0 Å². The lowest BCUT2D eigenvalue weighted by atomic mass is 9.82. The molecule has 0 N–H and O–H groups in total. The number of esters is 1. The molecule has 1 aromatic rings. The fourth-order valence-corrected chi connectivity index (χ4v) is 3.37. The Kier molecular flexibility index (Phi) is 5.20. The highest BCUT2D eigenvalue weighted by Gasteiger charge is 2.27. The van der Waals surface area contributed by atoms with Gasteiger partial charge in [-0.1, -0.05) is 33.8 Å². The maximum Gasteiger partial charge on any atom is 0.310 e. The van der Waals surface area contributed by atoms with E-state index in [1.807, 2.05) is 20.8 Å². The minimum atomic E-state index is -0.451. The molecule has 1 aromatic carbocycles. The highest BCUT2D eigenvalue weighted by Crippen LogP contribution is 2.37. The predicted octanol–water partition coefficient (Wildman–Crippen LogP) is 4.85. The van der Waals surface area contributed by atoms with Crippen molar-refractivity contribution in [2.45, 2.75) is 85.5 Å². The third kappa shape index (κ3) is 4.14. The maximum absolute atomic E-state index is 12.4. The zero-order chi connectivity index (χ0) is 17.4. The van der Waals surface area contributed by atoms with Crippen LogP contribution in [0, 0.1) is 0 Å². The minimum absolute atomic E-state index is 0.153. The summed E-state index contributed by atoms with van der Waals surface area (Å²) < 4.78 is 11.2. The number of rotatable bonds is 4. The van der Waals surface area contributed by atoms with Crippen molar-refractivity contribution >= 4 is 5.97 Å². The van der Waals surface area contributed by atoms with Crippen molar-refractivity contribution in [3.63, 3.8) is 0 Å². The summed E-state index contributed by atoms with van der Waals surface area (Å²) in [6.45, 7) is 15.8. The molecule has 3 heteroatoms. The highest BCUT2D eigenvalue weighted by molar-refractivity contribution is 5.75. The lowest BCUT2D eigenvalue weighted by Crippen LogP contribution is -2.26. The molecule has 2 rings (SSSR count). The third-order valence-electron chi connectivity index (χ3n) is 4.16. The van der Waals surface area contributed by atoms with Crippen LogP contribution in [0.15, 0.2) is 6.07 Å². The third-order valence-corrected chi connectivity index (χ3v) is 4.16. The summed E-state index contributed by atoms with van der Waals surface area (Å²) >= 11 is 0. The molecule has 1 heterocycles. The molecule has 1 aliphatic rings. The van der Waals surface area contributed by atoms with E-state index < -0.39 is 5.60 Å². The fourth-order valence-electron chi connectivity index (χ4n) is 3.37. The average molecular weight is 318 g/mol. The Morgan fingerprint density at radius 2 is 1.83 bits per heavy atom. The second-order valence-electron chi connectivity index (χ2n) is 8.06. The van der Waals surface area contributed by atoms with Crippen molar-refractivity contribution in [3.8, 4) is 0 Å². The summed E-state index contributed by atoms with van der Waals surface area (Å²) in [6, 6.07) is 2.23. The van der Waals surface area contributed by atoms with E-state index in [0.29, 0.717) is 31.5 Å². The normalized spacial score (nSPS) is 14.5. The molecule has 1 aliphatic heterocycles. The summed E-state index contributed by atoms with van der Waals surface area (Å²) in [7, 11) is 0. The van der Waals surface area contributed by atoms with Gasteiger partial charge in [0.25, 0.3) is 0 Å². The number of ether oxygens (including phenoxy) is 2. The summed E-state index contributed by atoms with van der Waals surface area (Å²) in [6.07, 6.45) is 0.339. The molecule has 0 aliphatic carbocycles. The first kappa shape index (κ1) is 18.0. The Morgan fingerprint density at radius 3 is 2.35 bits per heavy atom. The number of carbonyl (C=O) groups is 1. The Labute approximate surface area is 140 Å². The first-order valence-corrected chi connectivity index (χ1v) is 8.57. The number of hydrogen-bond donors (Lipinski definition) is 0. The molecule has 0 unspecified atom stereocenters. The summed E-state index contributed by atoms with van der Waals surface area (Å²) in [5.74, 6) is 0.581. The van der Waals surface area contributed by atoms with Gasteiger partial charge in [-0.15, -0.1) is 0 Å². The Morgan fingerprint density at radius 1 is 1.17 bits per heavy atom. The standard InChI is InChI=1S/C20H30O3/c1-12(2)15-8-14-10-22-11-17(14)19(13(3)4)16(15)9-18(21)23-20(5,6)7/h8,12-13H,9-11H2,1-7H3. The van der Waals surface area contributed by atoms with Crippen LogP contribution in [0.4, 0.5) is 0 Å². The van der Waals surface area contributed by atoms with E-state index >= 15 is 0 Å². The first-order chi connectivity index (χ1) is 10.6. The number of carbonyl (C=O) groups excluding carboxylic acids is 1. The molecule has 0 radical (unpaired) electrons. The summed E-state index contributed by atoms with van der Waals surface area (Å²) in [5.41, 5.74) is 5.80. The van der Waals surface area contributed by atoms with Crippen molar-refractivity contribution in [2.24, 2.45) is 0 Å². The Hall–Kier alpha value is -1.35. The molecular formula is C20H30O3. The molecule has 128 valence electrons. The molecule has 23 heavy (non-hydrogen) atoms. The lowest BCUT2D eigenvalue weighted by Gasteiger charge is -2.24. The van der Waals surface area contributed by atoms with E-state index in [1.54, 1.807) is 0 Å². The molecule has 0 saturated carbocycles. The smallest absolute Gasteiger partial charge is 0.310 e. The van der Waals surface area contributed by atoms with Crippen molar-refractivity contribution in [1.29, 1.82) is 0 Å². The van der Waals surface area contributed by atoms with Crippen LogP contribution in [0.25, 0.3) is 0 Å². The van der Waals surface area contributed by atoms with Crippen LogP contribution in [-0.4, -0.2) is 11.6 Å². The van der Waals surface area contributed by atoms with Gasteiger partial charge in [-0.2, -0.15) is 0 Å².